The lowest BCUT2D eigenvalue weighted by molar-refractivity contribution is 0.0955. The van der Waals surface area contributed by atoms with Gasteiger partial charge in [-0.3, -0.25) is 4.79 Å². The smallest absolute Gasteiger partial charge is 0.267 e. The average Bonchev–Trinajstić information content (AvgIpc) is 3.17. The first kappa shape index (κ1) is 19.8. The highest BCUT2D eigenvalue weighted by atomic mass is 79.9. The van der Waals surface area contributed by atoms with Gasteiger partial charge in [0.05, 0.1) is 16.4 Å². The van der Waals surface area contributed by atoms with Gasteiger partial charge in [-0.25, -0.2) is 10.4 Å². The molecule has 0 bridgehead atoms. The van der Waals surface area contributed by atoms with Crippen LogP contribution in [-0.2, 0) is 5.75 Å². The van der Waals surface area contributed by atoms with Gasteiger partial charge in [-0.05, 0) is 35.9 Å². The van der Waals surface area contributed by atoms with Crippen LogP contribution in [0.3, 0.4) is 0 Å². The number of carbonyl (C=O) groups is 1. The molecule has 0 saturated heterocycles. The molecule has 7 heteroatoms. The number of thioether (sulfide) groups is 1. The Morgan fingerprint density at radius 2 is 1.83 bits per heavy atom. The summed E-state index contributed by atoms with van der Waals surface area (Å²) in [5.74, 6) is 0.570. The number of nitrogens with zero attached hydrogens (tertiary/aromatic N) is 2. The molecule has 4 nitrogen and oxygen atoms in total. The number of para-hydroxylation sites is 1. The van der Waals surface area contributed by atoms with Crippen LogP contribution in [0.1, 0.15) is 21.5 Å². The quantitative estimate of drug-likeness (QED) is 0.205. The van der Waals surface area contributed by atoms with Gasteiger partial charge < -0.3 is 0 Å². The number of thiazole rings is 1. The summed E-state index contributed by atoms with van der Waals surface area (Å²) in [6.07, 6.45) is 1.62. The van der Waals surface area contributed by atoms with Crippen molar-refractivity contribution < 1.29 is 4.79 Å². The van der Waals surface area contributed by atoms with Gasteiger partial charge in [0, 0.05) is 21.4 Å². The van der Waals surface area contributed by atoms with Crippen molar-refractivity contribution in [1.82, 2.24) is 10.4 Å². The van der Waals surface area contributed by atoms with E-state index in [1.807, 2.05) is 66.7 Å². The number of fused-ring (bicyclic) bond motifs is 1. The molecule has 0 saturated carbocycles. The van der Waals surface area contributed by atoms with E-state index in [1.54, 1.807) is 29.3 Å². The van der Waals surface area contributed by atoms with Crippen LogP contribution in [0.2, 0.25) is 0 Å². The second-order valence-electron chi connectivity index (χ2n) is 6.15. The van der Waals surface area contributed by atoms with Gasteiger partial charge in [0.2, 0.25) is 0 Å². The molecule has 0 spiro atoms. The normalized spacial score (nSPS) is 11.2. The summed E-state index contributed by atoms with van der Waals surface area (Å²) in [4.78, 5) is 16.9. The van der Waals surface area contributed by atoms with Crippen LogP contribution in [0.15, 0.2) is 86.7 Å². The van der Waals surface area contributed by atoms with Gasteiger partial charge in [0.25, 0.3) is 5.91 Å². The Morgan fingerprint density at radius 3 is 2.62 bits per heavy atom. The number of carbonyl (C=O) groups excluding carboxylic acids is 1. The molecule has 0 atom stereocenters. The number of rotatable bonds is 6. The van der Waals surface area contributed by atoms with E-state index in [0.29, 0.717) is 5.56 Å². The lowest BCUT2D eigenvalue weighted by Gasteiger charge is -2.03. The monoisotopic (exact) mass is 481 g/mol. The highest BCUT2D eigenvalue weighted by molar-refractivity contribution is 9.10. The van der Waals surface area contributed by atoms with E-state index in [9.17, 15) is 4.79 Å². The molecule has 0 aliphatic heterocycles. The lowest BCUT2D eigenvalue weighted by atomic mass is 10.1. The molecule has 29 heavy (non-hydrogen) atoms. The standard InChI is InChI=1S/C22H16BrN3OS2/c23-18-6-2-1-5-17(18)13-24-26-21(27)16-11-9-15(10-12-16)14-28-22-25-19-7-3-4-8-20(19)29-22/h1-13H,14H2,(H,26,27)/b24-13-. The van der Waals surface area contributed by atoms with Crippen molar-refractivity contribution in [1.29, 1.82) is 0 Å². The summed E-state index contributed by atoms with van der Waals surface area (Å²) in [6.45, 7) is 0. The van der Waals surface area contributed by atoms with E-state index in [4.69, 9.17) is 0 Å². The molecular weight excluding hydrogens is 466 g/mol. The van der Waals surface area contributed by atoms with Crippen molar-refractivity contribution in [2.24, 2.45) is 5.10 Å². The molecule has 4 rings (SSSR count). The molecule has 1 N–H and O–H groups in total. The van der Waals surface area contributed by atoms with Crippen molar-refractivity contribution in [2.75, 3.05) is 0 Å². The Morgan fingerprint density at radius 1 is 1.07 bits per heavy atom. The first-order chi connectivity index (χ1) is 14.2. The van der Waals surface area contributed by atoms with E-state index < -0.39 is 0 Å². The Balaban J connectivity index is 1.33. The van der Waals surface area contributed by atoms with Gasteiger partial charge in [-0.15, -0.1) is 11.3 Å². The van der Waals surface area contributed by atoms with Crippen molar-refractivity contribution in [3.05, 3.63) is 94.0 Å². The Labute approximate surface area is 185 Å². The average molecular weight is 482 g/mol. The van der Waals surface area contributed by atoms with E-state index in [0.717, 1.165) is 31.2 Å². The third-order valence-corrected chi connectivity index (χ3v) is 7.10. The zero-order valence-electron chi connectivity index (χ0n) is 15.2. The highest BCUT2D eigenvalue weighted by Gasteiger charge is 2.07. The molecule has 3 aromatic carbocycles. The fourth-order valence-corrected chi connectivity index (χ4v) is 5.03. The molecule has 1 aromatic heterocycles. The number of aromatic nitrogens is 1. The molecule has 0 fully saturated rings. The minimum atomic E-state index is -0.237. The van der Waals surface area contributed by atoms with Crippen molar-refractivity contribution in [3.8, 4) is 0 Å². The molecule has 0 aliphatic carbocycles. The number of nitrogens with one attached hydrogen (secondary N) is 1. The molecule has 0 radical (unpaired) electrons. The van der Waals surface area contributed by atoms with Gasteiger partial charge >= 0.3 is 0 Å². The van der Waals surface area contributed by atoms with Crippen molar-refractivity contribution >= 4 is 61.4 Å². The lowest BCUT2D eigenvalue weighted by Crippen LogP contribution is -2.17. The minimum absolute atomic E-state index is 0.237. The number of hydrazone groups is 1. The maximum atomic E-state index is 12.3. The number of hydrogen-bond donors (Lipinski definition) is 1. The predicted molar refractivity (Wildman–Crippen MR) is 125 cm³/mol. The van der Waals surface area contributed by atoms with Gasteiger partial charge in [0.1, 0.15) is 0 Å². The van der Waals surface area contributed by atoms with Crippen LogP contribution in [0, 0.1) is 0 Å². The molecule has 0 unspecified atom stereocenters. The van der Waals surface area contributed by atoms with Gasteiger partial charge in [-0.2, -0.15) is 5.10 Å². The minimum Gasteiger partial charge on any atom is -0.267 e. The molecule has 144 valence electrons. The van der Waals surface area contributed by atoms with E-state index in [-0.39, 0.29) is 5.91 Å². The maximum Gasteiger partial charge on any atom is 0.271 e. The Hall–Kier alpha value is -2.48. The fraction of sp³-hybridized carbons (Fsp3) is 0.0455. The first-order valence-electron chi connectivity index (χ1n) is 8.84. The third kappa shape index (κ3) is 5.12. The van der Waals surface area contributed by atoms with Crippen molar-refractivity contribution in [3.63, 3.8) is 0 Å². The Bertz CT molecular complexity index is 1140. The van der Waals surface area contributed by atoms with Crippen LogP contribution >= 0.6 is 39.0 Å². The Kier molecular flexibility index (Phi) is 6.39. The van der Waals surface area contributed by atoms with Crippen LogP contribution in [0.5, 0.6) is 0 Å². The molecule has 1 heterocycles. The third-order valence-electron chi connectivity index (χ3n) is 4.13. The summed E-state index contributed by atoms with van der Waals surface area (Å²) < 4.78 is 3.17. The van der Waals surface area contributed by atoms with Gasteiger partial charge in [-0.1, -0.05) is 70.2 Å². The topological polar surface area (TPSA) is 54.4 Å². The molecule has 1 amide bonds. The summed E-state index contributed by atoms with van der Waals surface area (Å²) in [5.41, 5.74) is 6.21. The number of hydrogen-bond acceptors (Lipinski definition) is 5. The van der Waals surface area contributed by atoms with Crippen LogP contribution < -0.4 is 5.43 Å². The molecule has 0 aliphatic rings. The summed E-state index contributed by atoms with van der Waals surface area (Å²) in [7, 11) is 0. The van der Waals surface area contributed by atoms with Crippen LogP contribution in [0.25, 0.3) is 10.2 Å². The van der Waals surface area contributed by atoms with E-state index in [1.165, 1.54) is 4.70 Å². The summed E-state index contributed by atoms with van der Waals surface area (Å²) >= 11 is 6.85. The fourth-order valence-electron chi connectivity index (χ4n) is 2.62. The summed E-state index contributed by atoms with van der Waals surface area (Å²) in [5, 5.41) is 4.03. The molecular formula is C22H16BrN3OS2. The number of amides is 1. The highest BCUT2D eigenvalue weighted by Crippen LogP contribution is 2.31. The van der Waals surface area contributed by atoms with E-state index in [2.05, 4.69) is 37.5 Å². The SMILES string of the molecule is O=C(N/N=C\c1ccccc1Br)c1ccc(CSc2nc3ccccc3s2)cc1. The van der Waals surface area contributed by atoms with E-state index >= 15 is 0 Å². The number of halogens is 1. The largest absolute Gasteiger partial charge is 0.271 e. The zero-order valence-corrected chi connectivity index (χ0v) is 18.4. The predicted octanol–water partition coefficient (Wildman–Crippen LogP) is 6.12. The number of benzene rings is 3. The van der Waals surface area contributed by atoms with Crippen LogP contribution in [-0.4, -0.2) is 17.1 Å². The van der Waals surface area contributed by atoms with Crippen LogP contribution in [0.4, 0.5) is 0 Å². The first-order valence-corrected chi connectivity index (χ1v) is 11.4. The van der Waals surface area contributed by atoms with Gasteiger partial charge in [0.15, 0.2) is 4.34 Å². The zero-order chi connectivity index (χ0) is 20.1. The molecule has 4 aromatic rings. The maximum absolute atomic E-state index is 12.3. The van der Waals surface area contributed by atoms with Crippen molar-refractivity contribution in [2.45, 2.75) is 10.1 Å². The second-order valence-corrected chi connectivity index (χ2v) is 9.26. The summed E-state index contributed by atoms with van der Waals surface area (Å²) in [6, 6.07) is 23.4. The second kappa shape index (κ2) is 9.35.